The number of hydrogen-bond acceptors (Lipinski definition) is 9. The second-order valence-corrected chi connectivity index (χ2v) is 19.6. The van der Waals surface area contributed by atoms with Gasteiger partial charge in [-0.1, -0.05) is 30.3 Å². The third kappa shape index (κ3) is 8.05. The van der Waals surface area contributed by atoms with E-state index >= 15 is 4.39 Å². The van der Waals surface area contributed by atoms with E-state index in [4.69, 9.17) is 0 Å². The normalized spacial score (nSPS) is 18.1. The lowest BCUT2D eigenvalue weighted by Gasteiger charge is -2.48. The van der Waals surface area contributed by atoms with Gasteiger partial charge in [-0.3, -0.25) is 43.1 Å². The number of para-hydroxylation sites is 1. The predicted octanol–water partition coefficient (Wildman–Crippen LogP) is 7.30. The van der Waals surface area contributed by atoms with Crippen molar-refractivity contribution in [2.24, 2.45) is 19.5 Å². The van der Waals surface area contributed by atoms with Crippen molar-refractivity contribution in [3.63, 3.8) is 0 Å². The molecule has 2 aromatic heterocycles. The van der Waals surface area contributed by atoms with Gasteiger partial charge in [0.25, 0.3) is 11.8 Å². The lowest BCUT2D eigenvalue weighted by molar-refractivity contribution is -0.135. The van der Waals surface area contributed by atoms with Gasteiger partial charge in [-0.15, -0.1) is 0 Å². The summed E-state index contributed by atoms with van der Waals surface area (Å²) < 4.78 is 21.9. The lowest BCUT2D eigenvalue weighted by atomic mass is 9.71. The number of hydrogen-bond donors (Lipinski definition) is 3. The van der Waals surface area contributed by atoms with E-state index in [2.05, 4.69) is 61.2 Å². The lowest BCUT2D eigenvalue weighted by Crippen LogP contribution is -2.47. The first-order valence-electron chi connectivity index (χ1n) is 24.7. The highest BCUT2D eigenvalue weighted by Gasteiger charge is 2.39. The van der Waals surface area contributed by atoms with E-state index in [0.717, 1.165) is 92.0 Å². The molecule has 1 spiro atoms. The quantitative estimate of drug-likeness (QED) is 0.125. The minimum absolute atomic E-state index is 0.0445. The second kappa shape index (κ2) is 18.3. The molecule has 0 aliphatic carbocycles. The first-order valence-corrected chi connectivity index (χ1v) is 24.7. The number of nitrogens with zero attached hydrogens (tertiary/aromatic N) is 7. The van der Waals surface area contributed by atoms with Crippen molar-refractivity contribution in [3.8, 4) is 22.3 Å². The van der Waals surface area contributed by atoms with Crippen molar-refractivity contribution < 1.29 is 28.4 Å². The van der Waals surface area contributed by atoms with Crippen molar-refractivity contribution in [2.75, 3.05) is 59.8 Å². The first kappa shape index (κ1) is 46.3. The molecule has 1 atom stereocenters. The molecule has 0 radical (unpaired) electrons. The summed E-state index contributed by atoms with van der Waals surface area (Å²) in [6.45, 7) is 4.06. The zero-order valence-corrected chi connectivity index (χ0v) is 40.5. The molecule has 3 N–H and O–H groups in total. The zero-order valence-electron chi connectivity index (χ0n) is 40.5. The van der Waals surface area contributed by atoms with Crippen LogP contribution in [0.25, 0.3) is 44.2 Å². The van der Waals surface area contributed by atoms with Gasteiger partial charge >= 0.3 is 5.69 Å². The SMILES string of the molecule is CNC(=O)c1cccc(NC(=O)c2nn(C)c3ccc(-c4ccc(N5CCCC5=O)cc4-c4ccc(N5CCC6(CC5)CCN(c5cccc7c5n(C)c(=O)n7C5CCC(=O)NC5=O)CC6)cc4)c(F)c23)c1. The minimum Gasteiger partial charge on any atom is -0.371 e. The summed E-state index contributed by atoms with van der Waals surface area (Å²) >= 11 is 0. The Morgan fingerprint density at radius 1 is 0.736 bits per heavy atom. The predicted molar refractivity (Wildman–Crippen MR) is 275 cm³/mol. The van der Waals surface area contributed by atoms with Crippen molar-refractivity contribution in [2.45, 2.75) is 57.4 Å². The Morgan fingerprint density at radius 3 is 2.15 bits per heavy atom. The zero-order chi connectivity index (χ0) is 50.0. The van der Waals surface area contributed by atoms with Gasteiger partial charge in [0, 0.05) is 94.9 Å². The van der Waals surface area contributed by atoms with Gasteiger partial charge in [-0.25, -0.2) is 9.18 Å². The summed E-state index contributed by atoms with van der Waals surface area (Å²) in [5.74, 6) is -2.25. The Kier molecular flexibility index (Phi) is 11.7. The summed E-state index contributed by atoms with van der Waals surface area (Å²) in [7, 11) is 4.93. The molecule has 72 heavy (non-hydrogen) atoms. The number of carbonyl (C=O) groups is 5. The largest absolute Gasteiger partial charge is 0.371 e. The van der Waals surface area contributed by atoms with E-state index in [1.54, 1.807) is 64.5 Å². The smallest absolute Gasteiger partial charge is 0.329 e. The number of benzene rings is 5. The van der Waals surface area contributed by atoms with Crippen LogP contribution in [0.5, 0.6) is 0 Å². The maximum absolute atomic E-state index is 17.3. The van der Waals surface area contributed by atoms with Crippen molar-refractivity contribution in [1.82, 2.24) is 29.5 Å². The molecule has 4 aliphatic rings. The number of halogens is 1. The Bertz CT molecular complexity index is 3430. The van der Waals surface area contributed by atoms with Crippen LogP contribution >= 0.6 is 0 Å². The third-order valence-electron chi connectivity index (χ3n) is 15.6. The van der Waals surface area contributed by atoms with Gasteiger partial charge in [0.1, 0.15) is 11.9 Å². The molecule has 17 heteroatoms. The second-order valence-electron chi connectivity index (χ2n) is 19.6. The number of aryl methyl sites for hydroxylation is 2. The highest BCUT2D eigenvalue weighted by atomic mass is 19.1. The maximum Gasteiger partial charge on any atom is 0.329 e. The van der Waals surface area contributed by atoms with Crippen LogP contribution in [0.4, 0.5) is 27.1 Å². The van der Waals surface area contributed by atoms with E-state index in [9.17, 15) is 28.8 Å². The molecule has 0 saturated carbocycles. The molecule has 4 fully saturated rings. The van der Waals surface area contributed by atoms with Gasteiger partial charge in [0.15, 0.2) is 5.69 Å². The number of piperidine rings is 3. The fourth-order valence-electron chi connectivity index (χ4n) is 11.6. The van der Waals surface area contributed by atoms with Crippen LogP contribution in [0, 0.1) is 11.2 Å². The average molecular weight is 971 g/mol. The van der Waals surface area contributed by atoms with E-state index < -0.39 is 23.7 Å². The van der Waals surface area contributed by atoms with Crippen molar-refractivity contribution in [3.05, 3.63) is 125 Å². The molecular formula is C55H55FN10O6. The number of imidazole rings is 1. The Morgan fingerprint density at radius 2 is 1.44 bits per heavy atom. The van der Waals surface area contributed by atoms with E-state index in [0.29, 0.717) is 40.8 Å². The average Bonchev–Trinajstić information content (AvgIpc) is 4.06. The summed E-state index contributed by atoms with van der Waals surface area (Å²) in [5.41, 5.74) is 7.73. The molecule has 5 amide bonds. The molecule has 6 heterocycles. The fraction of sp³-hybridized carbons (Fsp3) is 0.327. The first-order chi connectivity index (χ1) is 34.8. The summed E-state index contributed by atoms with van der Waals surface area (Å²) in [5, 5.41) is 12.3. The fourth-order valence-corrected chi connectivity index (χ4v) is 11.6. The highest BCUT2D eigenvalue weighted by molar-refractivity contribution is 6.13. The summed E-state index contributed by atoms with van der Waals surface area (Å²) in [6.07, 6.45) is 5.79. The number of imide groups is 1. The number of amides is 5. The van der Waals surface area contributed by atoms with E-state index in [1.165, 1.54) is 11.7 Å². The van der Waals surface area contributed by atoms with Crippen LogP contribution in [0.15, 0.2) is 102 Å². The van der Waals surface area contributed by atoms with Gasteiger partial charge in [0.05, 0.1) is 27.6 Å². The molecule has 7 aromatic rings. The highest BCUT2D eigenvalue weighted by Crippen LogP contribution is 2.45. The Balaban J connectivity index is 0.825. The summed E-state index contributed by atoms with van der Waals surface area (Å²) in [4.78, 5) is 84.0. The van der Waals surface area contributed by atoms with Crippen LogP contribution in [0.3, 0.4) is 0 Å². The van der Waals surface area contributed by atoms with Crippen LogP contribution in [0.1, 0.15) is 78.3 Å². The minimum atomic E-state index is -0.736. The molecule has 368 valence electrons. The molecule has 1 unspecified atom stereocenters. The van der Waals surface area contributed by atoms with Crippen molar-refractivity contribution >= 4 is 74.2 Å². The van der Waals surface area contributed by atoms with E-state index in [1.807, 2.05) is 30.3 Å². The number of rotatable bonds is 9. The van der Waals surface area contributed by atoms with Crippen LogP contribution in [-0.4, -0.2) is 88.2 Å². The van der Waals surface area contributed by atoms with Crippen molar-refractivity contribution in [1.29, 1.82) is 0 Å². The Labute approximate surface area is 414 Å². The molecule has 11 rings (SSSR count). The van der Waals surface area contributed by atoms with Crippen LogP contribution in [-0.2, 0) is 28.5 Å². The molecule has 4 aliphatic heterocycles. The number of carbonyl (C=O) groups excluding carboxylic acids is 5. The number of anilines is 4. The maximum atomic E-state index is 17.3. The topological polar surface area (TPSA) is 176 Å². The molecule has 0 bridgehead atoms. The number of nitrogens with one attached hydrogen (secondary N) is 3. The summed E-state index contributed by atoms with van der Waals surface area (Å²) in [6, 6.07) is 29.1. The third-order valence-corrected chi connectivity index (χ3v) is 15.6. The molecule has 4 saturated heterocycles. The molecule has 5 aromatic carbocycles. The van der Waals surface area contributed by atoms with Gasteiger partial charge < -0.3 is 25.3 Å². The van der Waals surface area contributed by atoms with E-state index in [-0.39, 0.29) is 58.3 Å². The monoisotopic (exact) mass is 970 g/mol. The van der Waals surface area contributed by atoms with Gasteiger partial charge in [0.2, 0.25) is 17.7 Å². The standard InChI is InChI=1S/C55H55FN10O6/c1-57-51(69)34-7-4-8-35(31-34)58-53(71)49-47-41(62(3)60-49)19-18-39(48(47)56)38-17-16-37(65-26-6-11-46(65)68)32-40(38)33-12-14-36(15-13-33)63-27-22-55(23-28-63)24-29-64(30-25-55)42-9-5-10-43-50(42)61(2)54(72)66(43)44-20-21-45(67)59-52(44)70/h4-5,7-10,12-19,31-32,44H,6,11,20-30H2,1-3H3,(H,57,69)(H,58,71)(H,59,67,70). The van der Waals surface area contributed by atoms with Crippen LogP contribution < -0.4 is 36.3 Å². The molecular weight excluding hydrogens is 916 g/mol. The number of fused-ring (bicyclic) bond motifs is 2. The van der Waals surface area contributed by atoms with Gasteiger partial charge in [-0.2, -0.15) is 5.10 Å². The Hall–Kier alpha value is -8.08. The van der Waals surface area contributed by atoms with Gasteiger partial charge in [-0.05, 0) is 127 Å². The van der Waals surface area contributed by atoms with Crippen LogP contribution in [0.2, 0.25) is 0 Å². The molecule has 16 nitrogen and oxygen atoms in total. The number of aromatic nitrogens is 4.